The second-order valence-corrected chi connectivity index (χ2v) is 5.15. The number of halogens is 1. The number of hydrogen-bond acceptors (Lipinski definition) is 4. The molecular weight excluding hydrogens is 387 g/mol. The van der Waals surface area contributed by atoms with Crippen LogP contribution in [0.2, 0.25) is 0 Å². The van der Waals surface area contributed by atoms with Gasteiger partial charge in [-0.3, -0.25) is 19.5 Å². The van der Waals surface area contributed by atoms with Crippen molar-refractivity contribution in [3.63, 3.8) is 0 Å². The van der Waals surface area contributed by atoms with Gasteiger partial charge >= 0.3 is 5.76 Å². The Hall–Kier alpha value is -2.08. The number of hydrogen-bond donors (Lipinski definition) is 1. The Labute approximate surface area is 132 Å². The quantitative estimate of drug-likeness (QED) is 0.448. The van der Waals surface area contributed by atoms with Crippen molar-refractivity contribution in [2.24, 2.45) is 0 Å². The van der Waals surface area contributed by atoms with E-state index in [1.54, 1.807) is 18.2 Å². The van der Waals surface area contributed by atoms with Crippen LogP contribution in [0.25, 0.3) is 11.1 Å². The molecule has 0 saturated carbocycles. The summed E-state index contributed by atoms with van der Waals surface area (Å²) in [5.41, 5.74) is 1.62. The number of imide groups is 1. The van der Waals surface area contributed by atoms with Gasteiger partial charge in [-0.1, -0.05) is 5.92 Å². The molecule has 1 unspecified atom stereocenters. The van der Waals surface area contributed by atoms with Crippen LogP contribution < -0.4 is 11.1 Å². The van der Waals surface area contributed by atoms with Crippen molar-refractivity contribution in [3.05, 3.63) is 34.3 Å². The molecule has 1 saturated heterocycles. The van der Waals surface area contributed by atoms with Gasteiger partial charge in [0.05, 0.1) is 5.52 Å². The molecule has 0 aliphatic carbocycles. The number of aromatic nitrogens is 1. The summed E-state index contributed by atoms with van der Waals surface area (Å²) in [6.07, 6.45) is 0.489. The molecular formula is C14H9IN2O4. The standard InChI is InChI=1S/C14H9IN2O4/c15-6-5-8-1-2-9-11(7-8)21-14(20)17(9)10-3-4-12(18)16-13(10)19/h1-2,7,10H,3-4H2,(H,16,18,19). The van der Waals surface area contributed by atoms with E-state index in [1.807, 2.05) is 22.6 Å². The number of nitrogens with zero attached hydrogens (tertiary/aromatic N) is 1. The topological polar surface area (TPSA) is 81.3 Å². The van der Waals surface area contributed by atoms with Crippen LogP contribution in [0.1, 0.15) is 24.4 Å². The number of carbonyl (C=O) groups is 2. The molecule has 0 spiro atoms. The van der Waals surface area contributed by atoms with Crippen LogP contribution in [0.4, 0.5) is 0 Å². The summed E-state index contributed by atoms with van der Waals surface area (Å²) in [7, 11) is 0. The molecule has 2 aromatic rings. The summed E-state index contributed by atoms with van der Waals surface area (Å²) in [5, 5.41) is 2.24. The van der Waals surface area contributed by atoms with E-state index in [9.17, 15) is 14.4 Å². The summed E-state index contributed by atoms with van der Waals surface area (Å²) < 4.78 is 9.21. The van der Waals surface area contributed by atoms with Crippen molar-refractivity contribution in [2.75, 3.05) is 0 Å². The Balaban J connectivity index is 2.12. The minimum atomic E-state index is -0.724. The van der Waals surface area contributed by atoms with Crippen molar-refractivity contribution in [1.82, 2.24) is 9.88 Å². The summed E-state index contributed by atoms with van der Waals surface area (Å²) in [6.45, 7) is 0. The Bertz CT molecular complexity index is 868. The smallest absolute Gasteiger partial charge is 0.408 e. The monoisotopic (exact) mass is 396 g/mol. The molecule has 1 aromatic heterocycles. The Kier molecular flexibility index (Phi) is 3.55. The maximum Gasteiger partial charge on any atom is 0.420 e. The molecule has 2 amide bonds. The van der Waals surface area contributed by atoms with Gasteiger partial charge in [-0.05, 0) is 28.5 Å². The zero-order valence-electron chi connectivity index (χ0n) is 10.7. The predicted molar refractivity (Wildman–Crippen MR) is 82.8 cm³/mol. The Morgan fingerprint density at radius 2 is 2.14 bits per heavy atom. The fraction of sp³-hybridized carbons (Fsp3) is 0.214. The van der Waals surface area contributed by atoms with Gasteiger partial charge < -0.3 is 4.42 Å². The molecule has 0 bridgehead atoms. The van der Waals surface area contributed by atoms with E-state index < -0.39 is 17.7 Å². The molecule has 1 N–H and O–H groups in total. The third-order valence-corrected chi connectivity index (χ3v) is 3.60. The first-order valence-corrected chi connectivity index (χ1v) is 7.28. The van der Waals surface area contributed by atoms with Crippen LogP contribution >= 0.6 is 22.6 Å². The zero-order valence-corrected chi connectivity index (χ0v) is 12.8. The van der Waals surface area contributed by atoms with Crippen LogP contribution in [0, 0.1) is 9.85 Å². The number of piperidine rings is 1. The highest BCUT2D eigenvalue weighted by Gasteiger charge is 2.31. The summed E-state index contributed by atoms with van der Waals surface area (Å²) in [4.78, 5) is 35.1. The van der Waals surface area contributed by atoms with Crippen molar-refractivity contribution in [1.29, 1.82) is 0 Å². The molecule has 7 heteroatoms. The van der Waals surface area contributed by atoms with Gasteiger partial charge in [-0.25, -0.2) is 4.79 Å². The lowest BCUT2D eigenvalue weighted by Crippen LogP contribution is -2.43. The van der Waals surface area contributed by atoms with Gasteiger partial charge in [-0.2, -0.15) is 0 Å². The van der Waals surface area contributed by atoms with Crippen LogP contribution in [-0.2, 0) is 9.59 Å². The number of nitrogens with one attached hydrogen (secondary N) is 1. The highest BCUT2D eigenvalue weighted by atomic mass is 127. The first-order chi connectivity index (χ1) is 10.1. The number of fused-ring (bicyclic) bond motifs is 1. The second-order valence-electron chi connectivity index (χ2n) is 4.61. The maximum absolute atomic E-state index is 12.0. The van der Waals surface area contributed by atoms with Gasteiger partial charge in [0.2, 0.25) is 11.8 Å². The molecule has 1 aliphatic heterocycles. The number of benzene rings is 1. The third kappa shape index (κ3) is 2.47. The van der Waals surface area contributed by atoms with Crippen LogP contribution in [0.15, 0.2) is 27.4 Å². The lowest BCUT2D eigenvalue weighted by Gasteiger charge is -2.21. The van der Waals surface area contributed by atoms with E-state index in [0.29, 0.717) is 11.1 Å². The summed E-state index contributed by atoms with van der Waals surface area (Å²) in [5.74, 6) is 1.45. The first-order valence-electron chi connectivity index (χ1n) is 6.20. The van der Waals surface area contributed by atoms with Gasteiger partial charge in [0.15, 0.2) is 5.58 Å². The Morgan fingerprint density at radius 3 is 2.86 bits per heavy atom. The maximum atomic E-state index is 12.0. The van der Waals surface area contributed by atoms with Gasteiger partial charge in [0.25, 0.3) is 0 Å². The largest absolute Gasteiger partial charge is 0.420 e. The molecule has 1 aliphatic rings. The first kappa shape index (κ1) is 13.9. The average Bonchev–Trinajstić information content (AvgIpc) is 2.75. The zero-order chi connectivity index (χ0) is 15.0. The van der Waals surface area contributed by atoms with E-state index in [-0.39, 0.29) is 18.7 Å². The SMILES string of the molecule is O=C1CCC(n2c(=O)oc3cc(C#CI)ccc32)C(=O)N1. The Morgan fingerprint density at radius 1 is 1.33 bits per heavy atom. The lowest BCUT2D eigenvalue weighted by molar-refractivity contribution is -0.135. The van der Waals surface area contributed by atoms with Crippen molar-refractivity contribution in [2.45, 2.75) is 18.9 Å². The normalized spacial score (nSPS) is 18.2. The average molecular weight is 396 g/mol. The third-order valence-electron chi connectivity index (χ3n) is 3.33. The number of rotatable bonds is 1. The van der Waals surface area contributed by atoms with E-state index in [4.69, 9.17) is 4.42 Å². The van der Waals surface area contributed by atoms with Gasteiger partial charge in [0.1, 0.15) is 6.04 Å². The summed E-state index contributed by atoms with van der Waals surface area (Å²) in [6, 6.07) is 4.38. The van der Waals surface area contributed by atoms with E-state index in [2.05, 4.69) is 15.2 Å². The van der Waals surface area contributed by atoms with Crippen molar-refractivity contribution >= 4 is 45.5 Å². The van der Waals surface area contributed by atoms with Crippen LogP contribution in [0.3, 0.4) is 0 Å². The van der Waals surface area contributed by atoms with E-state index >= 15 is 0 Å². The number of oxazole rings is 1. The number of amides is 2. The van der Waals surface area contributed by atoms with E-state index in [1.165, 1.54) is 4.57 Å². The highest BCUT2D eigenvalue weighted by molar-refractivity contribution is 14.1. The van der Waals surface area contributed by atoms with Crippen molar-refractivity contribution in [3.8, 4) is 9.85 Å². The lowest BCUT2D eigenvalue weighted by atomic mass is 10.1. The molecule has 2 heterocycles. The molecule has 106 valence electrons. The molecule has 21 heavy (non-hydrogen) atoms. The van der Waals surface area contributed by atoms with Gasteiger partial charge in [0, 0.05) is 34.6 Å². The second kappa shape index (κ2) is 5.37. The van der Waals surface area contributed by atoms with Crippen LogP contribution in [-0.4, -0.2) is 16.4 Å². The van der Waals surface area contributed by atoms with Gasteiger partial charge in [-0.15, -0.1) is 0 Å². The molecule has 6 nitrogen and oxygen atoms in total. The predicted octanol–water partition coefficient (Wildman–Crippen LogP) is 1.32. The molecule has 1 aromatic carbocycles. The minimum Gasteiger partial charge on any atom is -0.408 e. The fourth-order valence-electron chi connectivity index (χ4n) is 2.39. The fourth-order valence-corrected chi connectivity index (χ4v) is 2.70. The highest BCUT2D eigenvalue weighted by Crippen LogP contribution is 2.23. The molecule has 0 radical (unpaired) electrons. The minimum absolute atomic E-state index is 0.202. The van der Waals surface area contributed by atoms with Crippen molar-refractivity contribution < 1.29 is 14.0 Å². The number of carbonyl (C=O) groups excluding carboxylic acids is 2. The summed E-state index contributed by atoms with van der Waals surface area (Å²) >= 11 is 1.92. The molecule has 1 fully saturated rings. The van der Waals surface area contributed by atoms with Crippen LogP contribution in [0.5, 0.6) is 0 Å². The molecule has 1 atom stereocenters. The van der Waals surface area contributed by atoms with E-state index in [0.717, 1.165) is 5.56 Å². The molecule has 3 rings (SSSR count).